The second kappa shape index (κ2) is 6.27. The van der Waals surface area contributed by atoms with E-state index in [-0.39, 0.29) is 12.0 Å². The number of likely N-dealkylation sites (tertiary alicyclic amines) is 1. The van der Waals surface area contributed by atoms with Gasteiger partial charge < -0.3 is 14.2 Å². The van der Waals surface area contributed by atoms with Crippen LogP contribution in [-0.2, 0) is 14.1 Å². The largest absolute Gasteiger partial charge is 0.490 e. The van der Waals surface area contributed by atoms with Crippen LogP contribution in [-0.4, -0.2) is 44.3 Å². The zero-order chi connectivity index (χ0) is 17.4. The first kappa shape index (κ1) is 15.7. The van der Waals surface area contributed by atoms with Gasteiger partial charge in [-0.05, 0) is 24.3 Å². The summed E-state index contributed by atoms with van der Waals surface area (Å²) >= 11 is 0. The molecule has 1 amide bonds. The van der Waals surface area contributed by atoms with Crippen LogP contribution in [0.3, 0.4) is 0 Å². The number of ether oxygens (including phenoxy) is 1. The summed E-state index contributed by atoms with van der Waals surface area (Å²) in [6, 6.07) is 10.00. The smallest absolute Gasteiger partial charge is 0.272 e. The van der Waals surface area contributed by atoms with Crippen LogP contribution in [0.2, 0.25) is 0 Å². The highest BCUT2D eigenvalue weighted by Gasteiger charge is 2.26. The normalized spacial score (nSPS) is 15.7. The molecule has 0 atom stereocenters. The summed E-state index contributed by atoms with van der Waals surface area (Å²) in [6.45, 7) is 1.42. The molecule has 3 heterocycles. The number of nitrogens with zero attached hydrogens (tertiary/aromatic N) is 4. The highest BCUT2D eigenvalue weighted by atomic mass is 16.5. The molecule has 2 aromatic heterocycles. The summed E-state index contributed by atoms with van der Waals surface area (Å²) in [4.78, 5) is 14.4. The Balaban J connectivity index is 1.42. The maximum Gasteiger partial charge on any atom is 0.272 e. The molecule has 3 aromatic rings. The van der Waals surface area contributed by atoms with Crippen molar-refractivity contribution in [1.82, 2.24) is 19.2 Å². The van der Waals surface area contributed by atoms with Gasteiger partial charge in [0.25, 0.3) is 5.91 Å². The number of hydrogen-bond donors (Lipinski definition) is 0. The van der Waals surface area contributed by atoms with Crippen molar-refractivity contribution >= 4 is 16.8 Å². The van der Waals surface area contributed by atoms with Crippen LogP contribution >= 0.6 is 0 Å². The van der Waals surface area contributed by atoms with Crippen molar-refractivity contribution in [2.45, 2.75) is 18.9 Å². The molecule has 1 aromatic carbocycles. The van der Waals surface area contributed by atoms with E-state index in [4.69, 9.17) is 4.74 Å². The number of aromatic nitrogens is 3. The van der Waals surface area contributed by atoms with E-state index in [9.17, 15) is 4.79 Å². The minimum atomic E-state index is 0.0450. The molecule has 0 N–H and O–H groups in total. The third kappa shape index (κ3) is 2.88. The zero-order valence-electron chi connectivity index (χ0n) is 14.6. The van der Waals surface area contributed by atoms with Gasteiger partial charge in [-0.3, -0.25) is 9.48 Å². The number of piperidine rings is 1. The number of hydrogen-bond acceptors (Lipinski definition) is 3. The molecule has 0 spiro atoms. The van der Waals surface area contributed by atoms with Crippen molar-refractivity contribution in [3.05, 3.63) is 48.4 Å². The summed E-state index contributed by atoms with van der Waals surface area (Å²) < 4.78 is 9.98. The second-order valence-corrected chi connectivity index (χ2v) is 6.57. The highest BCUT2D eigenvalue weighted by Crippen LogP contribution is 2.28. The predicted molar refractivity (Wildman–Crippen MR) is 95.7 cm³/mol. The molecule has 1 fully saturated rings. The highest BCUT2D eigenvalue weighted by molar-refractivity contribution is 5.92. The second-order valence-electron chi connectivity index (χ2n) is 6.57. The van der Waals surface area contributed by atoms with Crippen molar-refractivity contribution in [2.75, 3.05) is 13.1 Å². The number of fused-ring (bicyclic) bond motifs is 1. The van der Waals surface area contributed by atoms with Crippen LogP contribution in [0.1, 0.15) is 23.3 Å². The summed E-state index contributed by atoms with van der Waals surface area (Å²) in [5.74, 6) is 0.970. The first-order chi connectivity index (χ1) is 12.1. The molecule has 1 aliphatic heterocycles. The summed E-state index contributed by atoms with van der Waals surface area (Å²) in [7, 11) is 3.83. The molecule has 4 rings (SSSR count). The average molecular weight is 338 g/mol. The fourth-order valence-corrected chi connectivity index (χ4v) is 3.48. The van der Waals surface area contributed by atoms with E-state index in [1.807, 2.05) is 30.3 Å². The van der Waals surface area contributed by atoms with Crippen molar-refractivity contribution in [1.29, 1.82) is 0 Å². The fourth-order valence-electron chi connectivity index (χ4n) is 3.48. The van der Waals surface area contributed by atoms with Crippen LogP contribution in [0.5, 0.6) is 5.75 Å². The number of benzene rings is 1. The summed E-state index contributed by atoms with van der Waals surface area (Å²) in [5, 5.41) is 5.21. The van der Waals surface area contributed by atoms with Crippen LogP contribution in [0.4, 0.5) is 0 Å². The molecule has 0 saturated carbocycles. The van der Waals surface area contributed by atoms with Gasteiger partial charge in [-0.15, -0.1) is 0 Å². The maximum absolute atomic E-state index is 12.5. The fraction of sp³-hybridized carbons (Fsp3) is 0.368. The Morgan fingerprint density at radius 1 is 1.16 bits per heavy atom. The Bertz CT molecular complexity index is 903. The van der Waals surface area contributed by atoms with Gasteiger partial charge in [-0.25, -0.2) is 0 Å². The number of rotatable bonds is 3. The third-order valence-electron chi connectivity index (χ3n) is 4.95. The van der Waals surface area contributed by atoms with Gasteiger partial charge >= 0.3 is 0 Å². The van der Waals surface area contributed by atoms with E-state index >= 15 is 0 Å². The molecular weight excluding hydrogens is 316 g/mol. The van der Waals surface area contributed by atoms with E-state index in [1.54, 1.807) is 24.0 Å². The molecule has 0 radical (unpaired) electrons. The first-order valence-electron chi connectivity index (χ1n) is 8.61. The zero-order valence-corrected chi connectivity index (χ0v) is 14.6. The average Bonchev–Trinajstić information content (AvgIpc) is 3.22. The lowest BCUT2D eigenvalue weighted by Gasteiger charge is -2.32. The van der Waals surface area contributed by atoms with E-state index in [1.165, 1.54) is 5.52 Å². The van der Waals surface area contributed by atoms with Crippen molar-refractivity contribution in [2.24, 2.45) is 14.1 Å². The van der Waals surface area contributed by atoms with Crippen molar-refractivity contribution in [3.63, 3.8) is 0 Å². The van der Waals surface area contributed by atoms with Gasteiger partial charge in [0.05, 0.1) is 5.52 Å². The van der Waals surface area contributed by atoms with Gasteiger partial charge in [0.1, 0.15) is 17.5 Å². The van der Waals surface area contributed by atoms with E-state index in [0.29, 0.717) is 18.8 Å². The monoisotopic (exact) mass is 338 g/mol. The lowest BCUT2D eigenvalue weighted by atomic mass is 10.1. The van der Waals surface area contributed by atoms with E-state index in [0.717, 1.165) is 24.0 Å². The van der Waals surface area contributed by atoms with Gasteiger partial charge in [0.2, 0.25) is 0 Å². The molecule has 0 bridgehead atoms. The lowest BCUT2D eigenvalue weighted by Crippen LogP contribution is -2.42. The van der Waals surface area contributed by atoms with E-state index < -0.39 is 0 Å². The topological polar surface area (TPSA) is 52.3 Å². The van der Waals surface area contributed by atoms with Crippen molar-refractivity contribution in [3.8, 4) is 5.75 Å². The van der Waals surface area contributed by atoms with Gasteiger partial charge in [0.15, 0.2) is 0 Å². The maximum atomic E-state index is 12.5. The van der Waals surface area contributed by atoms with E-state index in [2.05, 4.69) is 21.8 Å². The molecule has 6 heteroatoms. The Labute approximate surface area is 146 Å². The Morgan fingerprint density at radius 2 is 1.96 bits per heavy atom. The molecule has 130 valence electrons. The van der Waals surface area contributed by atoms with Crippen LogP contribution in [0.15, 0.2) is 42.7 Å². The molecule has 6 nitrogen and oxygen atoms in total. The van der Waals surface area contributed by atoms with Gasteiger partial charge in [-0.1, -0.05) is 6.07 Å². The minimum Gasteiger partial charge on any atom is -0.490 e. The van der Waals surface area contributed by atoms with Crippen molar-refractivity contribution < 1.29 is 9.53 Å². The van der Waals surface area contributed by atoms with Crippen LogP contribution in [0.25, 0.3) is 10.9 Å². The number of amides is 1. The lowest BCUT2D eigenvalue weighted by molar-refractivity contribution is 0.0588. The van der Waals surface area contributed by atoms with Crippen LogP contribution < -0.4 is 4.74 Å². The Morgan fingerprint density at radius 3 is 2.68 bits per heavy atom. The third-order valence-corrected chi connectivity index (χ3v) is 4.95. The number of carbonyl (C=O) groups is 1. The Hall–Kier alpha value is -2.76. The molecular formula is C19H22N4O2. The van der Waals surface area contributed by atoms with Gasteiger partial charge in [-0.2, -0.15) is 5.10 Å². The summed E-state index contributed by atoms with van der Waals surface area (Å²) in [6.07, 6.45) is 5.53. The Kier molecular flexibility index (Phi) is 3.95. The molecule has 1 aliphatic rings. The number of aryl methyl sites for hydroxylation is 2. The first-order valence-corrected chi connectivity index (χ1v) is 8.61. The standard InChI is InChI=1S/C19H22N4O2/c1-21-11-9-15-16(21)4-3-5-18(15)25-14-7-12-23(13-8-14)19(24)17-6-10-20-22(17)2/h3-6,9-11,14H,7-8,12-13H2,1-2H3. The SMILES string of the molecule is Cn1nccc1C(=O)N1CCC(Oc2cccc3c2ccn3C)CC1. The quantitative estimate of drug-likeness (QED) is 0.738. The molecule has 0 unspecified atom stereocenters. The van der Waals surface area contributed by atoms with Gasteiger partial charge in [0, 0.05) is 57.8 Å². The van der Waals surface area contributed by atoms with Crippen LogP contribution in [0, 0.1) is 0 Å². The summed E-state index contributed by atoms with van der Waals surface area (Å²) in [5.41, 5.74) is 1.80. The molecule has 0 aliphatic carbocycles. The molecule has 1 saturated heterocycles. The number of carbonyl (C=O) groups excluding carboxylic acids is 1. The minimum absolute atomic E-state index is 0.0450. The molecule has 25 heavy (non-hydrogen) atoms. The predicted octanol–water partition coefficient (Wildman–Crippen LogP) is 2.60.